The van der Waals surface area contributed by atoms with Crippen LogP contribution in [-0.2, 0) is 16.0 Å². The van der Waals surface area contributed by atoms with E-state index in [4.69, 9.17) is 4.74 Å². The summed E-state index contributed by atoms with van der Waals surface area (Å²) in [4.78, 5) is 11.2. The molecule has 74 valence electrons. The van der Waals surface area contributed by atoms with Crippen LogP contribution < -0.4 is 0 Å². The van der Waals surface area contributed by atoms with Crippen molar-refractivity contribution in [1.82, 2.24) is 0 Å². The Kier molecular flexibility index (Phi) is 3.92. The van der Waals surface area contributed by atoms with Crippen LogP contribution in [0.4, 0.5) is 0 Å². The van der Waals surface area contributed by atoms with Gasteiger partial charge in [-0.05, 0) is 12.5 Å². The summed E-state index contributed by atoms with van der Waals surface area (Å²) in [5.41, 5.74) is 2.16. The maximum absolute atomic E-state index is 11.2. The predicted octanol–water partition coefficient (Wildman–Crippen LogP) is 2.27. The minimum atomic E-state index is -0.214. The van der Waals surface area contributed by atoms with Crippen LogP contribution in [0.1, 0.15) is 11.1 Å². The predicted molar refractivity (Wildman–Crippen MR) is 56.0 cm³/mol. The van der Waals surface area contributed by atoms with E-state index in [1.165, 1.54) is 5.56 Å². The first-order chi connectivity index (χ1) is 6.72. The molecule has 0 N–H and O–H groups in total. The zero-order valence-electron chi connectivity index (χ0n) is 8.32. The summed E-state index contributed by atoms with van der Waals surface area (Å²) in [5, 5.41) is 0. The summed E-state index contributed by atoms with van der Waals surface area (Å²) in [5.74, 6) is -0.214. The molecule has 0 bridgehead atoms. The van der Waals surface area contributed by atoms with Crippen LogP contribution in [0.25, 0.3) is 0 Å². The summed E-state index contributed by atoms with van der Waals surface area (Å²) in [7, 11) is 0. The van der Waals surface area contributed by atoms with Crippen LogP contribution >= 0.6 is 0 Å². The van der Waals surface area contributed by atoms with Crippen molar-refractivity contribution in [3.8, 4) is 0 Å². The average Bonchev–Trinajstić information content (AvgIpc) is 2.18. The number of hydrogen-bond acceptors (Lipinski definition) is 2. The molecule has 0 aliphatic carbocycles. The molecule has 0 unspecified atom stereocenters. The standard InChI is InChI=1S/C12H14O2/c1-3-8-14-12(13)9-11-6-4-10(2)5-7-11/h3-7H,1,8-9H2,2H3. The molecule has 0 saturated carbocycles. The van der Waals surface area contributed by atoms with Gasteiger partial charge in [0.2, 0.25) is 0 Å². The molecule has 0 radical (unpaired) electrons. The van der Waals surface area contributed by atoms with Gasteiger partial charge in [0.25, 0.3) is 0 Å². The van der Waals surface area contributed by atoms with E-state index in [9.17, 15) is 4.79 Å². The minimum absolute atomic E-state index is 0.214. The lowest BCUT2D eigenvalue weighted by molar-refractivity contribution is -0.141. The van der Waals surface area contributed by atoms with Crippen molar-refractivity contribution in [2.24, 2.45) is 0 Å². The summed E-state index contributed by atoms with van der Waals surface area (Å²) in [6.45, 7) is 5.77. The number of carbonyl (C=O) groups excluding carboxylic acids is 1. The van der Waals surface area contributed by atoms with Gasteiger partial charge in [0.15, 0.2) is 0 Å². The molecule has 0 aliphatic heterocycles. The highest BCUT2D eigenvalue weighted by Gasteiger charge is 2.02. The van der Waals surface area contributed by atoms with Gasteiger partial charge < -0.3 is 4.74 Å². The molecule has 1 aromatic rings. The molecule has 0 fully saturated rings. The molecule has 2 nitrogen and oxygen atoms in total. The number of carbonyl (C=O) groups is 1. The van der Waals surface area contributed by atoms with E-state index in [-0.39, 0.29) is 12.6 Å². The number of benzene rings is 1. The second-order valence-electron chi connectivity index (χ2n) is 3.13. The maximum atomic E-state index is 11.2. The molecule has 14 heavy (non-hydrogen) atoms. The first kappa shape index (κ1) is 10.5. The van der Waals surface area contributed by atoms with Crippen molar-refractivity contribution in [2.45, 2.75) is 13.3 Å². The third kappa shape index (κ3) is 3.44. The van der Waals surface area contributed by atoms with Crippen LogP contribution in [0.2, 0.25) is 0 Å². The highest BCUT2D eigenvalue weighted by atomic mass is 16.5. The third-order valence-corrected chi connectivity index (χ3v) is 1.83. The SMILES string of the molecule is C=CCOC(=O)Cc1ccc(C)cc1. The fourth-order valence-corrected chi connectivity index (χ4v) is 1.08. The number of rotatable bonds is 4. The van der Waals surface area contributed by atoms with Crippen LogP contribution in [0, 0.1) is 6.92 Å². The Hall–Kier alpha value is -1.57. The van der Waals surface area contributed by atoms with Crippen molar-refractivity contribution in [3.05, 3.63) is 48.0 Å². The molecule has 0 saturated heterocycles. The molecule has 0 spiro atoms. The van der Waals surface area contributed by atoms with Gasteiger partial charge in [-0.2, -0.15) is 0 Å². The molecule has 0 aliphatic rings. The molecule has 0 amide bonds. The van der Waals surface area contributed by atoms with Gasteiger partial charge in [-0.3, -0.25) is 4.79 Å². The first-order valence-electron chi connectivity index (χ1n) is 4.54. The summed E-state index contributed by atoms with van der Waals surface area (Å²) >= 11 is 0. The topological polar surface area (TPSA) is 26.3 Å². The third-order valence-electron chi connectivity index (χ3n) is 1.83. The number of esters is 1. The Morgan fingerprint density at radius 2 is 2.07 bits per heavy atom. The highest BCUT2D eigenvalue weighted by molar-refractivity contribution is 5.72. The second-order valence-corrected chi connectivity index (χ2v) is 3.13. The molecule has 1 rings (SSSR count). The Bertz CT molecular complexity index is 312. The molecule has 2 heteroatoms. The van der Waals surface area contributed by atoms with E-state index >= 15 is 0 Å². The zero-order chi connectivity index (χ0) is 10.4. The molecule has 0 atom stereocenters. The quantitative estimate of drug-likeness (QED) is 0.537. The van der Waals surface area contributed by atoms with Crippen LogP contribution in [0.3, 0.4) is 0 Å². The highest BCUT2D eigenvalue weighted by Crippen LogP contribution is 2.04. The van der Waals surface area contributed by atoms with Gasteiger partial charge in [-0.1, -0.05) is 42.5 Å². The van der Waals surface area contributed by atoms with Gasteiger partial charge in [0.1, 0.15) is 6.61 Å². The van der Waals surface area contributed by atoms with Gasteiger partial charge in [-0.15, -0.1) is 0 Å². The zero-order valence-corrected chi connectivity index (χ0v) is 8.32. The van der Waals surface area contributed by atoms with Gasteiger partial charge in [0.05, 0.1) is 6.42 Å². The van der Waals surface area contributed by atoms with Gasteiger partial charge >= 0.3 is 5.97 Å². The summed E-state index contributed by atoms with van der Waals surface area (Å²) in [6.07, 6.45) is 1.89. The lowest BCUT2D eigenvalue weighted by Gasteiger charge is -2.02. The maximum Gasteiger partial charge on any atom is 0.310 e. The summed E-state index contributed by atoms with van der Waals surface area (Å²) < 4.78 is 4.87. The minimum Gasteiger partial charge on any atom is -0.461 e. The number of aryl methyl sites for hydroxylation is 1. The van der Waals surface area contributed by atoms with Crippen LogP contribution in [0.15, 0.2) is 36.9 Å². The van der Waals surface area contributed by atoms with Crippen molar-refractivity contribution >= 4 is 5.97 Å². The Balaban J connectivity index is 2.47. The smallest absolute Gasteiger partial charge is 0.310 e. The molecule has 0 aromatic heterocycles. The van der Waals surface area contributed by atoms with Gasteiger partial charge in [-0.25, -0.2) is 0 Å². The number of hydrogen-bond donors (Lipinski definition) is 0. The van der Waals surface area contributed by atoms with E-state index < -0.39 is 0 Å². The van der Waals surface area contributed by atoms with Crippen molar-refractivity contribution < 1.29 is 9.53 Å². The van der Waals surface area contributed by atoms with E-state index in [0.29, 0.717) is 6.42 Å². The molecular formula is C12H14O2. The fraction of sp³-hybridized carbons (Fsp3) is 0.250. The normalized spacial score (nSPS) is 9.50. The molecule has 1 aromatic carbocycles. The van der Waals surface area contributed by atoms with Crippen molar-refractivity contribution in [3.63, 3.8) is 0 Å². The molecule has 0 heterocycles. The Morgan fingerprint density at radius 3 is 2.64 bits per heavy atom. The van der Waals surface area contributed by atoms with Crippen LogP contribution in [0.5, 0.6) is 0 Å². The number of ether oxygens (including phenoxy) is 1. The fourth-order valence-electron chi connectivity index (χ4n) is 1.08. The van der Waals surface area contributed by atoms with E-state index in [1.54, 1.807) is 6.08 Å². The van der Waals surface area contributed by atoms with Crippen molar-refractivity contribution in [2.75, 3.05) is 6.61 Å². The lowest BCUT2D eigenvalue weighted by Crippen LogP contribution is -2.07. The molecular weight excluding hydrogens is 176 g/mol. The first-order valence-corrected chi connectivity index (χ1v) is 4.54. The lowest BCUT2D eigenvalue weighted by atomic mass is 10.1. The van der Waals surface area contributed by atoms with E-state index in [0.717, 1.165) is 5.56 Å². The Morgan fingerprint density at radius 1 is 1.43 bits per heavy atom. The Labute approximate surface area is 84.2 Å². The average molecular weight is 190 g/mol. The summed E-state index contributed by atoms with van der Waals surface area (Å²) in [6, 6.07) is 7.83. The monoisotopic (exact) mass is 190 g/mol. The van der Waals surface area contributed by atoms with E-state index in [2.05, 4.69) is 6.58 Å². The van der Waals surface area contributed by atoms with Crippen molar-refractivity contribution in [1.29, 1.82) is 0 Å². The van der Waals surface area contributed by atoms with Crippen LogP contribution in [-0.4, -0.2) is 12.6 Å². The second kappa shape index (κ2) is 5.22. The van der Waals surface area contributed by atoms with E-state index in [1.807, 2.05) is 31.2 Å². The largest absolute Gasteiger partial charge is 0.461 e. The van der Waals surface area contributed by atoms with Gasteiger partial charge in [0, 0.05) is 0 Å².